The van der Waals surface area contributed by atoms with Crippen LogP contribution in [0.1, 0.15) is 26.2 Å². The van der Waals surface area contributed by atoms with E-state index >= 15 is 0 Å². The third-order valence-electron chi connectivity index (χ3n) is 1.43. The molecule has 18 heavy (non-hydrogen) atoms. The van der Waals surface area contributed by atoms with Gasteiger partial charge in [0.2, 0.25) is 0 Å². The van der Waals surface area contributed by atoms with E-state index in [0.29, 0.717) is 18.7 Å². The van der Waals surface area contributed by atoms with Crippen LogP contribution in [0.15, 0.2) is 12.2 Å². The number of ether oxygens (including phenoxy) is 1. The molecule has 0 rings (SSSR count). The van der Waals surface area contributed by atoms with E-state index in [1.54, 1.807) is 6.92 Å². The molecule has 0 unspecified atom stereocenters. The van der Waals surface area contributed by atoms with Crippen LogP contribution < -0.4 is 5.73 Å². The predicted molar refractivity (Wildman–Crippen MR) is 82.8 cm³/mol. The standard InChI is InChI=1S/C9H17NO2.C3H9N.2ClH/c1-8(2)9(11)12-7-5-3-4-6-10;1-4(2)3;;/h1,3-7,10H2,2H3;1-3H3;2*1H. The lowest BCUT2D eigenvalue weighted by Gasteiger charge is -2.02. The molecule has 0 aromatic rings. The highest BCUT2D eigenvalue weighted by Crippen LogP contribution is 1.97. The molecule has 0 aliphatic rings. The van der Waals surface area contributed by atoms with Crippen LogP contribution >= 0.6 is 24.8 Å². The number of hydrogen-bond donors (Lipinski definition) is 1. The first-order valence-corrected chi connectivity index (χ1v) is 5.55. The maximum atomic E-state index is 10.8. The van der Waals surface area contributed by atoms with Gasteiger partial charge >= 0.3 is 5.97 Å². The SMILES string of the molecule is C=C(C)C(=O)OCCCCCN.CN(C)C.Cl.Cl. The topological polar surface area (TPSA) is 55.6 Å². The number of nitrogens with zero attached hydrogens (tertiary/aromatic N) is 1. The van der Waals surface area contributed by atoms with Crippen molar-refractivity contribution in [3.63, 3.8) is 0 Å². The summed E-state index contributed by atoms with van der Waals surface area (Å²) in [4.78, 5) is 12.8. The Morgan fingerprint density at radius 3 is 1.94 bits per heavy atom. The van der Waals surface area contributed by atoms with Gasteiger partial charge in [0.15, 0.2) is 0 Å². The first kappa shape index (κ1) is 26.3. The molecule has 0 saturated heterocycles. The highest BCUT2D eigenvalue weighted by atomic mass is 35.5. The van der Waals surface area contributed by atoms with E-state index in [-0.39, 0.29) is 30.8 Å². The van der Waals surface area contributed by atoms with Gasteiger partial charge in [-0.2, -0.15) is 0 Å². The summed E-state index contributed by atoms with van der Waals surface area (Å²) < 4.78 is 4.87. The molecular weight excluding hydrogens is 275 g/mol. The van der Waals surface area contributed by atoms with Gasteiger partial charge in [0.1, 0.15) is 0 Å². The highest BCUT2D eigenvalue weighted by Gasteiger charge is 2.00. The normalized spacial score (nSPS) is 8.33. The lowest BCUT2D eigenvalue weighted by molar-refractivity contribution is -0.139. The van der Waals surface area contributed by atoms with E-state index in [9.17, 15) is 4.79 Å². The second-order valence-corrected chi connectivity index (χ2v) is 4.11. The zero-order valence-electron chi connectivity index (χ0n) is 11.9. The largest absolute Gasteiger partial charge is 0.462 e. The number of nitrogens with two attached hydrogens (primary N) is 1. The van der Waals surface area contributed by atoms with E-state index in [1.165, 1.54) is 0 Å². The van der Waals surface area contributed by atoms with Crippen LogP contribution in [0.5, 0.6) is 0 Å². The number of unbranched alkanes of at least 4 members (excludes halogenated alkanes) is 2. The van der Waals surface area contributed by atoms with Crippen molar-refractivity contribution in [1.29, 1.82) is 0 Å². The van der Waals surface area contributed by atoms with Crippen molar-refractivity contribution < 1.29 is 9.53 Å². The fourth-order valence-electron chi connectivity index (χ4n) is 0.711. The highest BCUT2D eigenvalue weighted by molar-refractivity contribution is 5.86. The molecule has 0 bridgehead atoms. The lowest BCUT2D eigenvalue weighted by atomic mass is 10.2. The van der Waals surface area contributed by atoms with Crippen molar-refractivity contribution in [3.05, 3.63) is 12.2 Å². The summed E-state index contributed by atoms with van der Waals surface area (Å²) in [6.07, 6.45) is 2.89. The number of rotatable bonds is 6. The molecule has 4 nitrogen and oxygen atoms in total. The van der Waals surface area contributed by atoms with Crippen molar-refractivity contribution in [1.82, 2.24) is 4.90 Å². The Kier molecular flexibility index (Phi) is 27.9. The van der Waals surface area contributed by atoms with Crippen LogP contribution in [-0.2, 0) is 9.53 Å². The maximum Gasteiger partial charge on any atom is 0.333 e. The molecule has 0 fully saturated rings. The zero-order chi connectivity index (χ0) is 13.0. The molecule has 0 heterocycles. The smallest absolute Gasteiger partial charge is 0.333 e. The lowest BCUT2D eigenvalue weighted by Crippen LogP contribution is -2.06. The van der Waals surface area contributed by atoms with E-state index in [1.807, 2.05) is 26.0 Å². The fourth-order valence-corrected chi connectivity index (χ4v) is 0.711. The minimum atomic E-state index is -0.303. The molecule has 2 N–H and O–H groups in total. The number of halogens is 2. The second-order valence-electron chi connectivity index (χ2n) is 4.11. The van der Waals surface area contributed by atoms with Gasteiger partial charge in [0.05, 0.1) is 6.61 Å². The average Bonchev–Trinajstić information content (AvgIpc) is 2.16. The van der Waals surface area contributed by atoms with Crippen LogP contribution in [0, 0.1) is 0 Å². The molecule has 0 amide bonds. The van der Waals surface area contributed by atoms with E-state index in [2.05, 4.69) is 6.58 Å². The Bertz CT molecular complexity index is 198. The van der Waals surface area contributed by atoms with Crippen LogP contribution in [-0.4, -0.2) is 45.2 Å². The molecule has 0 aliphatic heterocycles. The predicted octanol–water partition coefficient (Wildman–Crippen LogP) is 2.26. The van der Waals surface area contributed by atoms with E-state index in [0.717, 1.165) is 19.3 Å². The van der Waals surface area contributed by atoms with Crippen LogP contribution in [0.3, 0.4) is 0 Å². The first-order valence-electron chi connectivity index (χ1n) is 5.55. The summed E-state index contributed by atoms with van der Waals surface area (Å²) in [5.74, 6) is -0.303. The molecule has 0 atom stereocenters. The summed E-state index contributed by atoms with van der Waals surface area (Å²) >= 11 is 0. The monoisotopic (exact) mass is 302 g/mol. The summed E-state index contributed by atoms with van der Waals surface area (Å²) in [6, 6.07) is 0. The number of esters is 1. The van der Waals surface area contributed by atoms with Gasteiger partial charge in [-0.25, -0.2) is 4.79 Å². The van der Waals surface area contributed by atoms with Gasteiger partial charge in [0, 0.05) is 5.57 Å². The van der Waals surface area contributed by atoms with Crippen molar-refractivity contribution in [2.75, 3.05) is 34.3 Å². The van der Waals surface area contributed by atoms with Gasteiger partial charge in [-0.05, 0) is 53.9 Å². The molecule has 0 aromatic heterocycles. The van der Waals surface area contributed by atoms with E-state index in [4.69, 9.17) is 10.5 Å². The Morgan fingerprint density at radius 2 is 1.61 bits per heavy atom. The Hall–Kier alpha value is -0.290. The van der Waals surface area contributed by atoms with Crippen LogP contribution in [0.4, 0.5) is 0 Å². The first-order chi connectivity index (χ1) is 7.41. The quantitative estimate of drug-likeness (QED) is 0.464. The Labute approximate surface area is 124 Å². The summed E-state index contributed by atoms with van der Waals surface area (Å²) in [5, 5.41) is 0. The Morgan fingerprint density at radius 1 is 1.17 bits per heavy atom. The van der Waals surface area contributed by atoms with Crippen LogP contribution in [0.25, 0.3) is 0 Å². The summed E-state index contributed by atoms with van der Waals surface area (Å²) in [6.45, 7) is 6.30. The minimum Gasteiger partial charge on any atom is -0.462 e. The second kappa shape index (κ2) is 19.1. The van der Waals surface area contributed by atoms with Crippen molar-refractivity contribution >= 4 is 30.8 Å². The molecule has 0 saturated carbocycles. The van der Waals surface area contributed by atoms with E-state index < -0.39 is 0 Å². The number of hydrogen-bond acceptors (Lipinski definition) is 4. The molecule has 0 radical (unpaired) electrons. The third-order valence-corrected chi connectivity index (χ3v) is 1.43. The zero-order valence-corrected chi connectivity index (χ0v) is 13.5. The van der Waals surface area contributed by atoms with Crippen molar-refractivity contribution in [2.45, 2.75) is 26.2 Å². The number of carbonyl (C=O) groups is 1. The van der Waals surface area contributed by atoms with Crippen molar-refractivity contribution in [2.24, 2.45) is 5.73 Å². The van der Waals surface area contributed by atoms with Crippen LogP contribution in [0.2, 0.25) is 0 Å². The number of carbonyl (C=O) groups excluding carboxylic acids is 1. The molecule has 0 aliphatic carbocycles. The third kappa shape index (κ3) is 29.6. The molecule has 6 heteroatoms. The summed E-state index contributed by atoms with van der Waals surface area (Å²) in [7, 11) is 6.00. The van der Waals surface area contributed by atoms with Gasteiger partial charge < -0.3 is 15.4 Å². The molecule has 112 valence electrons. The summed E-state index contributed by atoms with van der Waals surface area (Å²) in [5.41, 5.74) is 5.75. The minimum absolute atomic E-state index is 0. The molecule has 0 spiro atoms. The maximum absolute atomic E-state index is 10.8. The average molecular weight is 303 g/mol. The van der Waals surface area contributed by atoms with Crippen molar-refractivity contribution in [3.8, 4) is 0 Å². The van der Waals surface area contributed by atoms with Gasteiger partial charge in [0.25, 0.3) is 0 Å². The van der Waals surface area contributed by atoms with Gasteiger partial charge in [-0.3, -0.25) is 0 Å². The Balaban J connectivity index is -0.000000143. The van der Waals surface area contributed by atoms with Gasteiger partial charge in [-0.15, -0.1) is 24.8 Å². The fraction of sp³-hybridized carbons (Fsp3) is 0.750. The van der Waals surface area contributed by atoms with Gasteiger partial charge in [-0.1, -0.05) is 6.58 Å². The molecular formula is C12H28Cl2N2O2. The molecule has 0 aromatic carbocycles.